The molecular weight excluding hydrogens is 314 g/mol. The molecule has 2 N–H and O–H groups in total. The first-order valence-corrected chi connectivity index (χ1v) is 7.86. The fraction of sp³-hybridized carbons (Fsp3) is 0.278. The smallest absolute Gasteiger partial charge is 0.387 e. The summed E-state index contributed by atoms with van der Waals surface area (Å²) in [5.74, 6) is -0.241. The van der Waals surface area contributed by atoms with Gasteiger partial charge in [-0.3, -0.25) is 4.79 Å². The number of hydrogen-bond acceptors (Lipinski definition) is 2. The number of carbonyl (C=O) groups is 1. The zero-order valence-electron chi connectivity index (χ0n) is 13.1. The van der Waals surface area contributed by atoms with Crippen molar-refractivity contribution < 1.29 is 23.2 Å². The Balaban J connectivity index is 1.61. The van der Waals surface area contributed by atoms with Crippen LogP contribution in [0.2, 0.25) is 0 Å². The summed E-state index contributed by atoms with van der Waals surface area (Å²) >= 11 is 0. The molecule has 0 spiro atoms. The normalized spacial score (nSPS) is 16.5. The van der Waals surface area contributed by atoms with Crippen LogP contribution in [0.15, 0.2) is 48.5 Å². The molecule has 0 radical (unpaired) electrons. The lowest BCUT2D eigenvalue weighted by Crippen LogP contribution is -3.12. The van der Waals surface area contributed by atoms with Gasteiger partial charge in [-0.25, -0.2) is 0 Å². The van der Waals surface area contributed by atoms with Gasteiger partial charge in [0.2, 0.25) is 0 Å². The molecule has 0 bridgehead atoms. The van der Waals surface area contributed by atoms with Gasteiger partial charge in [0.15, 0.2) is 6.54 Å². The number of anilines is 1. The number of hydrogen-bond donors (Lipinski definition) is 2. The van der Waals surface area contributed by atoms with Gasteiger partial charge < -0.3 is 15.0 Å². The number of para-hydroxylation sites is 2. The maximum atomic E-state index is 12.4. The SMILES string of the molecule is O=C(C[NH+]1CCc2ccccc2C1)Nc1ccccc1OC(F)F. The van der Waals surface area contributed by atoms with Crippen LogP contribution in [0.25, 0.3) is 0 Å². The van der Waals surface area contributed by atoms with Crippen molar-refractivity contribution in [3.8, 4) is 5.75 Å². The second-order valence-corrected chi connectivity index (χ2v) is 5.80. The molecule has 2 aromatic carbocycles. The quantitative estimate of drug-likeness (QED) is 0.877. The standard InChI is InChI=1S/C18H18F2N2O2/c19-18(20)24-16-8-4-3-7-15(16)21-17(23)12-22-10-9-13-5-1-2-6-14(13)11-22/h1-8,18H,9-12H2,(H,21,23)/p+1. The Labute approximate surface area is 139 Å². The van der Waals surface area contributed by atoms with Crippen LogP contribution in [0, 0.1) is 0 Å². The molecule has 0 aromatic heterocycles. The van der Waals surface area contributed by atoms with Crippen molar-refractivity contribution in [2.45, 2.75) is 19.6 Å². The maximum Gasteiger partial charge on any atom is 0.387 e. The van der Waals surface area contributed by atoms with E-state index in [1.165, 1.54) is 17.2 Å². The minimum Gasteiger partial charge on any atom is -0.433 e. The summed E-state index contributed by atoms with van der Waals surface area (Å²) in [5, 5.41) is 2.67. The van der Waals surface area contributed by atoms with Crippen LogP contribution in [0.4, 0.5) is 14.5 Å². The van der Waals surface area contributed by atoms with Gasteiger partial charge in [-0.1, -0.05) is 36.4 Å². The van der Waals surface area contributed by atoms with Crippen LogP contribution < -0.4 is 15.0 Å². The lowest BCUT2D eigenvalue weighted by atomic mass is 10.00. The van der Waals surface area contributed by atoms with E-state index in [0.717, 1.165) is 24.4 Å². The first-order chi connectivity index (χ1) is 11.6. The minimum absolute atomic E-state index is 0.0279. The zero-order chi connectivity index (χ0) is 16.9. The number of carbonyl (C=O) groups excluding carboxylic acids is 1. The molecule has 0 saturated heterocycles. The Kier molecular flexibility index (Phi) is 5.05. The van der Waals surface area contributed by atoms with E-state index in [2.05, 4.69) is 22.2 Å². The molecule has 1 aliphatic heterocycles. The van der Waals surface area contributed by atoms with E-state index in [9.17, 15) is 13.6 Å². The Morgan fingerprint density at radius 1 is 1.12 bits per heavy atom. The lowest BCUT2D eigenvalue weighted by Gasteiger charge is -2.25. The van der Waals surface area contributed by atoms with Crippen LogP contribution in [-0.4, -0.2) is 25.6 Å². The summed E-state index contributed by atoms with van der Waals surface area (Å²) in [6.45, 7) is -0.970. The number of quaternary nitrogens is 1. The average molecular weight is 333 g/mol. The third-order valence-corrected chi connectivity index (χ3v) is 4.09. The summed E-state index contributed by atoms with van der Waals surface area (Å²) in [7, 11) is 0. The van der Waals surface area contributed by atoms with Gasteiger partial charge in [-0.15, -0.1) is 0 Å². The van der Waals surface area contributed by atoms with E-state index < -0.39 is 6.61 Å². The van der Waals surface area contributed by atoms with Crippen molar-refractivity contribution in [1.82, 2.24) is 0 Å². The molecule has 1 aliphatic rings. The summed E-state index contributed by atoms with van der Waals surface area (Å²) in [6.07, 6.45) is 0.934. The maximum absolute atomic E-state index is 12.4. The zero-order valence-corrected chi connectivity index (χ0v) is 13.1. The Morgan fingerprint density at radius 3 is 2.62 bits per heavy atom. The number of fused-ring (bicyclic) bond motifs is 1. The van der Waals surface area contributed by atoms with Crippen LogP contribution in [0.3, 0.4) is 0 Å². The van der Waals surface area contributed by atoms with Crippen molar-refractivity contribution >= 4 is 11.6 Å². The predicted molar refractivity (Wildman–Crippen MR) is 86.3 cm³/mol. The van der Waals surface area contributed by atoms with Gasteiger partial charge in [-0.05, 0) is 17.7 Å². The van der Waals surface area contributed by atoms with Crippen molar-refractivity contribution in [2.75, 3.05) is 18.4 Å². The van der Waals surface area contributed by atoms with Gasteiger partial charge in [0.25, 0.3) is 5.91 Å². The monoisotopic (exact) mass is 333 g/mol. The number of ether oxygens (including phenoxy) is 1. The van der Waals surface area contributed by atoms with Crippen molar-refractivity contribution in [2.24, 2.45) is 0 Å². The highest BCUT2D eigenvalue weighted by Gasteiger charge is 2.22. The third kappa shape index (κ3) is 4.08. The van der Waals surface area contributed by atoms with Gasteiger partial charge >= 0.3 is 6.61 Å². The van der Waals surface area contributed by atoms with Crippen LogP contribution in [0.5, 0.6) is 5.75 Å². The second-order valence-electron chi connectivity index (χ2n) is 5.80. The average Bonchev–Trinajstić information content (AvgIpc) is 2.56. The van der Waals surface area contributed by atoms with Crippen molar-refractivity contribution in [3.05, 3.63) is 59.7 Å². The number of amides is 1. The molecule has 0 aliphatic carbocycles. The minimum atomic E-state index is -2.92. The first-order valence-electron chi connectivity index (χ1n) is 7.86. The van der Waals surface area contributed by atoms with Gasteiger partial charge in [0.05, 0.1) is 12.2 Å². The molecule has 126 valence electrons. The molecule has 1 heterocycles. The topological polar surface area (TPSA) is 42.8 Å². The number of nitrogens with one attached hydrogen (secondary N) is 2. The largest absolute Gasteiger partial charge is 0.433 e. The Bertz CT molecular complexity index is 722. The third-order valence-electron chi connectivity index (χ3n) is 4.09. The summed E-state index contributed by atoms with van der Waals surface area (Å²) in [4.78, 5) is 13.4. The molecule has 0 fully saturated rings. The van der Waals surface area contributed by atoms with Gasteiger partial charge in [0.1, 0.15) is 12.3 Å². The van der Waals surface area contributed by atoms with Crippen molar-refractivity contribution in [3.63, 3.8) is 0 Å². The predicted octanol–water partition coefficient (Wildman–Crippen LogP) is 1.87. The number of alkyl halides is 2. The first kappa shape index (κ1) is 16.4. The van der Waals surface area contributed by atoms with E-state index in [0.29, 0.717) is 0 Å². The summed E-state index contributed by atoms with van der Waals surface area (Å²) in [6, 6.07) is 14.4. The van der Waals surface area contributed by atoms with E-state index >= 15 is 0 Å². The Morgan fingerprint density at radius 2 is 1.83 bits per heavy atom. The fourth-order valence-electron chi connectivity index (χ4n) is 2.98. The van der Waals surface area contributed by atoms with Gasteiger partial charge in [0, 0.05) is 12.0 Å². The Hall–Kier alpha value is -2.47. The summed E-state index contributed by atoms with van der Waals surface area (Å²) < 4.78 is 29.3. The van der Waals surface area contributed by atoms with Gasteiger partial charge in [-0.2, -0.15) is 8.78 Å². The molecule has 2 aromatic rings. The van der Waals surface area contributed by atoms with Crippen LogP contribution in [0.1, 0.15) is 11.1 Å². The van der Waals surface area contributed by atoms with Crippen LogP contribution in [-0.2, 0) is 17.8 Å². The van der Waals surface area contributed by atoms with E-state index in [1.54, 1.807) is 18.2 Å². The molecule has 24 heavy (non-hydrogen) atoms. The molecule has 6 heteroatoms. The fourth-order valence-corrected chi connectivity index (χ4v) is 2.98. The number of halogens is 2. The highest BCUT2D eigenvalue weighted by atomic mass is 19.3. The number of rotatable bonds is 5. The molecule has 3 rings (SSSR count). The molecule has 1 amide bonds. The highest BCUT2D eigenvalue weighted by molar-refractivity contribution is 5.92. The molecule has 1 atom stereocenters. The van der Waals surface area contributed by atoms with E-state index in [-0.39, 0.29) is 23.9 Å². The van der Waals surface area contributed by atoms with Crippen LogP contribution >= 0.6 is 0 Å². The molecular formula is C18H19F2N2O2+. The summed E-state index contributed by atoms with van der Waals surface area (Å²) in [5.41, 5.74) is 2.85. The lowest BCUT2D eigenvalue weighted by molar-refractivity contribution is -0.907. The molecule has 4 nitrogen and oxygen atoms in total. The van der Waals surface area contributed by atoms with E-state index in [4.69, 9.17) is 0 Å². The second kappa shape index (κ2) is 7.40. The molecule has 1 unspecified atom stereocenters. The highest BCUT2D eigenvalue weighted by Crippen LogP contribution is 2.25. The van der Waals surface area contributed by atoms with E-state index in [1.807, 2.05) is 12.1 Å². The molecule has 0 saturated carbocycles. The van der Waals surface area contributed by atoms with Crippen molar-refractivity contribution in [1.29, 1.82) is 0 Å². The number of benzene rings is 2.